The van der Waals surface area contributed by atoms with Crippen molar-refractivity contribution >= 4 is 0 Å². The van der Waals surface area contributed by atoms with Crippen LogP contribution in [0.4, 0.5) is 0 Å². The monoisotopic (exact) mass is 1610 g/mol. The first-order valence-corrected chi connectivity index (χ1v) is 42.2. The SMILES string of the molecule is c1cc(Cc2ccc(Cc3cccc(OCC4CO4)c3)cc2)cc(OCC2CO2)c1.c1cc(Cc2ccc(OCC3CO3)cc2)cc(Cc2ccc(OCC3CO3)cc2)c1.c1cc(Cc2ccc(OCC3CO3)cc2)ccc1Cc1ccc(OCC2CO2)cc1.c1cc(Cc2cccc(OCC3CO3)c2)cc(Cc2cccc(OCC3CO3)c2)c1. The Bertz CT molecular complexity index is 4850. The highest BCUT2D eigenvalue weighted by atomic mass is 16.6. The third-order valence-corrected chi connectivity index (χ3v) is 21.3. The van der Waals surface area contributed by atoms with E-state index in [1.807, 2.05) is 72.8 Å². The van der Waals surface area contributed by atoms with Crippen LogP contribution in [0.1, 0.15) is 89.0 Å². The Morgan fingerprint density at radius 3 is 0.458 bits per heavy atom. The molecule has 16 heteroatoms. The second-order valence-electron chi connectivity index (χ2n) is 32.0. The fourth-order valence-electron chi connectivity index (χ4n) is 13.8. The summed E-state index contributed by atoms with van der Waals surface area (Å²) >= 11 is 0. The molecule has 0 N–H and O–H groups in total. The fourth-order valence-corrected chi connectivity index (χ4v) is 13.8. The van der Waals surface area contributed by atoms with Crippen molar-refractivity contribution in [2.45, 2.75) is 100 Å². The van der Waals surface area contributed by atoms with Gasteiger partial charge in [-0.1, -0.05) is 194 Å². The van der Waals surface area contributed by atoms with E-state index in [1.54, 1.807) is 0 Å². The zero-order valence-electron chi connectivity index (χ0n) is 67.8. The van der Waals surface area contributed by atoms with Crippen LogP contribution in [0.5, 0.6) is 46.0 Å². The number of rotatable bonds is 40. The van der Waals surface area contributed by atoms with Crippen molar-refractivity contribution in [3.8, 4) is 46.0 Å². The van der Waals surface area contributed by atoms with Crippen LogP contribution in [-0.2, 0) is 89.3 Å². The lowest BCUT2D eigenvalue weighted by Gasteiger charge is -2.10. The molecule has 616 valence electrons. The Labute approximate surface area is 704 Å². The molecule has 8 unspecified atom stereocenters. The van der Waals surface area contributed by atoms with E-state index in [-0.39, 0.29) is 48.8 Å². The molecular formula is C104H104O16. The lowest BCUT2D eigenvalue weighted by Crippen LogP contribution is -2.04. The van der Waals surface area contributed by atoms with Crippen molar-refractivity contribution in [1.29, 1.82) is 0 Å². The average Bonchev–Trinajstić information content (AvgIpc) is 1.72. The molecule has 0 bridgehead atoms. The summed E-state index contributed by atoms with van der Waals surface area (Å²) in [6.07, 6.45) is 9.47. The van der Waals surface area contributed by atoms with E-state index in [0.29, 0.717) is 52.9 Å². The molecule has 0 aromatic heterocycles. The Hall–Kier alpha value is -11.3. The predicted molar refractivity (Wildman–Crippen MR) is 462 cm³/mol. The highest BCUT2D eigenvalue weighted by molar-refractivity contribution is 5.43. The molecule has 8 fully saturated rings. The van der Waals surface area contributed by atoms with Crippen LogP contribution in [0, 0.1) is 0 Å². The topological polar surface area (TPSA) is 174 Å². The maximum absolute atomic E-state index is 5.82. The lowest BCUT2D eigenvalue weighted by molar-refractivity contribution is 0.263. The molecule has 0 spiro atoms. The standard InChI is InChI=1S/4C26H26O4/c1-4-19(11-21-6-2-8-23(13-21)27-15-25-17-29-25)10-20(5-1)12-22-7-3-9-24(14-22)28-16-26-18-30-26;1-3-21(13-23(5-1)27-15-25-17-29-25)11-19-7-9-20(10-8-19)12-22-4-2-6-24(14-22)28-16-26-18-30-26;1-2-20(14-22-7-11-24(12-8-22)28-16-26-18-30-26)4-3-19(1)13-21-5-9-23(10-6-21)27-15-25-17-29-25;1-2-21(12-19-4-8-23(9-5-19)27-15-25-17-29-25)14-22(3-1)13-20-6-10-24(11-7-20)28-16-26-18-30-26/h2*1-10,13-14,25-26H,11-12,15-18H2;1-12,25-26H,13-18H2;1-11,14,25-26H,12-13,15-18H2. The molecule has 12 aromatic carbocycles. The normalized spacial score (nSPS) is 19.3. The maximum atomic E-state index is 5.82. The Kier molecular flexibility index (Phi) is 27.8. The fraction of sp³-hybridized carbons (Fsp3) is 0.308. The van der Waals surface area contributed by atoms with Gasteiger partial charge in [0.25, 0.3) is 0 Å². The van der Waals surface area contributed by atoms with Crippen LogP contribution in [0.15, 0.2) is 291 Å². The second kappa shape index (κ2) is 41.1. The molecule has 8 heterocycles. The van der Waals surface area contributed by atoms with Gasteiger partial charge in [0.15, 0.2) is 0 Å². The van der Waals surface area contributed by atoms with Crippen LogP contribution >= 0.6 is 0 Å². The molecule has 0 amide bonds. The smallest absolute Gasteiger partial charge is 0.119 e. The summed E-state index contributed by atoms with van der Waals surface area (Å²) in [6, 6.07) is 102. The largest absolute Gasteiger partial charge is 0.491 e. The summed E-state index contributed by atoms with van der Waals surface area (Å²) < 4.78 is 87.6. The predicted octanol–water partition coefficient (Wildman–Crippen LogP) is 17.7. The first-order chi connectivity index (χ1) is 59.2. The minimum atomic E-state index is 0.274. The molecule has 0 radical (unpaired) electrons. The number of ether oxygens (including phenoxy) is 16. The van der Waals surface area contributed by atoms with Gasteiger partial charge in [0.05, 0.1) is 52.9 Å². The number of epoxide rings is 8. The minimum Gasteiger partial charge on any atom is -0.491 e. The summed E-state index contributed by atoms with van der Waals surface area (Å²) in [6.45, 7) is 11.7. The van der Waals surface area contributed by atoms with E-state index in [9.17, 15) is 0 Å². The van der Waals surface area contributed by atoms with Gasteiger partial charge < -0.3 is 75.8 Å². The summed E-state index contributed by atoms with van der Waals surface area (Å²) in [5.74, 6) is 7.26. The van der Waals surface area contributed by atoms with E-state index in [4.69, 9.17) is 75.8 Å². The van der Waals surface area contributed by atoms with E-state index in [0.717, 1.165) is 150 Å². The summed E-state index contributed by atoms with van der Waals surface area (Å²) in [5.41, 5.74) is 20.6. The Morgan fingerprint density at radius 2 is 0.283 bits per heavy atom. The van der Waals surface area contributed by atoms with Crippen molar-refractivity contribution in [3.63, 3.8) is 0 Å². The Morgan fingerprint density at radius 1 is 0.150 bits per heavy atom. The zero-order valence-corrected chi connectivity index (χ0v) is 67.8. The number of hydrogen-bond donors (Lipinski definition) is 0. The van der Waals surface area contributed by atoms with Gasteiger partial charge in [-0.25, -0.2) is 0 Å². The summed E-state index contributed by atoms with van der Waals surface area (Å²) in [5, 5.41) is 0. The molecule has 8 aliphatic rings. The highest BCUT2D eigenvalue weighted by Crippen LogP contribution is 2.29. The average molecular weight is 1610 g/mol. The van der Waals surface area contributed by atoms with Gasteiger partial charge >= 0.3 is 0 Å². The van der Waals surface area contributed by atoms with Crippen LogP contribution in [0.2, 0.25) is 0 Å². The van der Waals surface area contributed by atoms with Gasteiger partial charge in [-0.3, -0.25) is 0 Å². The Balaban J connectivity index is 0.000000114. The van der Waals surface area contributed by atoms with Gasteiger partial charge in [0.1, 0.15) is 148 Å². The van der Waals surface area contributed by atoms with Crippen molar-refractivity contribution in [2.24, 2.45) is 0 Å². The molecule has 8 aliphatic heterocycles. The van der Waals surface area contributed by atoms with E-state index in [1.165, 1.54) is 89.0 Å². The second-order valence-corrected chi connectivity index (χ2v) is 32.0. The number of benzene rings is 12. The molecule has 0 aliphatic carbocycles. The quantitative estimate of drug-likeness (QED) is 0.0331. The first-order valence-electron chi connectivity index (χ1n) is 42.2. The molecule has 8 saturated heterocycles. The van der Waals surface area contributed by atoms with E-state index in [2.05, 4.69) is 218 Å². The third-order valence-electron chi connectivity index (χ3n) is 21.3. The molecule has 120 heavy (non-hydrogen) atoms. The molecular weight excluding hydrogens is 1510 g/mol. The van der Waals surface area contributed by atoms with Crippen molar-refractivity contribution in [1.82, 2.24) is 0 Å². The molecule has 8 atom stereocenters. The van der Waals surface area contributed by atoms with Gasteiger partial charge in [-0.05, 0) is 237 Å². The van der Waals surface area contributed by atoms with Crippen molar-refractivity contribution in [3.05, 3.63) is 380 Å². The van der Waals surface area contributed by atoms with E-state index >= 15 is 0 Å². The lowest BCUT2D eigenvalue weighted by atomic mass is 9.99. The number of hydrogen-bond acceptors (Lipinski definition) is 16. The van der Waals surface area contributed by atoms with Crippen LogP contribution in [-0.4, -0.2) is 155 Å². The zero-order chi connectivity index (χ0) is 80.7. The van der Waals surface area contributed by atoms with Gasteiger partial charge in [-0.2, -0.15) is 0 Å². The van der Waals surface area contributed by atoms with Crippen molar-refractivity contribution in [2.75, 3.05) is 106 Å². The minimum absolute atomic E-state index is 0.274. The van der Waals surface area contributed by atoms with Crippen LogP contribution < -0.4 is 37.9 Å². The van der Waals surface area contributed by atoms with Gasteiger partial charge in [0.2, 0.25) is 0 Å². The molecule has 12 aromatic rings. The van der Waals surface area contributed by atoms with Crippen molar-refractivity contribution < 1.29 is 75.8 Å². The van der Waals surface area contributed by atoms with Crippen LogP contribution in [0.25, 0.3) is 0 Å². The highest BCUT2D eigenvalue weighted by Gasteiger charge is 2.28. The van der Waals surface area contributed by atoms with Gasteiger partial charge in [0, 0.05) is 0 Å². The maximum Gasteiger partial charge on any atom is 0.119 e. The first kappa shape index (κ1) is 81.1. The molecule has 16 nitrogen and oxygen atoms in total. The van der Waals surface area contributed by atoms with Crippen LogP contribution in [0.3, 0.4) is 0 Å². The third kappa shape index (κ3) is 28.5. The summed E-state index contributed by atoms with van der Waals surface area (Å²) in [4.78, 5) is 0. The van der Waals surface area contributed by atoms with E-state index < -0.39 is 0 Å². The van der Waals surface area contributed by atoms with Gasteiger partial charge in [-0.15, -0.1) is 0 Å². The molecule has 20 rings (SSSR count). The summed E-state index contributed by atoms with van der Waals surface area (Å²) in [7, 11) is 0. The molecule has 0 saturated carbocycles.